The van der Waals surface area contributed by atoms with Gasteiger partial charge in [-0.1, -0.05) is 11.6 Å². The van der Waals surface area contributed by atoms with Gasteiger partial charge in [-0.25, -0.2) is 4.79 Å². The van der Waals surface area contributed by atoms with Crippen LogP contribution in [0.2, 0.25) is 5.02 Å². The van der Waals surface area contributed by atoms with Crippen LogP contribution in [-0.2, 0) is 4.74 Å². The van der Waals surface area contributed by atoms with Crippen molar-refractivity contribution in [3.8, 4) is 5.75 Å². The minimum absolute atomic E-state index is 0.0541. The number of methoxy groups -OCH3 is 1. The van der Waals surface area contributed by atoms with Gasteiger partial charge in [0.05, 0.1) is 17.8 Å². The number of esters is 1. The fourth-order valence-corrected chi connectivity index (χ4v) is 1.20. The summed E-state index contributed by atoms with van der Waals surface area (Å²) in [5.74, 6) is -1.77. The highest BCUT2D eigenvalue weighted by atomic mass is 35.5. The number of benzene rings is 1. The summed E-state index contributed by atoms with van der Waals surface area (Å²) < 4.78 is 44.2. The zero-order valence-corrected chi connectivity index (χ0v) is 9.22. The summed E-state index contributed by atoms with van der Waals surface area (Å²) in [6, 6.07) is 1.76. The van der Waals surface area contributed by atoms with Crippen LogP contribution in [0.25, 0.3) is 0 Å². The number of hydrogen-bond acceptors (Lipinski definition) is 4. The van der Waals surface area contributed by atoms with Gasteiger partial charge in [-0.2, -0.15) is 0 Å². The summed E-state index contributed by atoms with van der Waals surface area (Å²) in [6.45, 7) is 0. The number of ether oxygens (including phenoxy) is 2. The first kappa shape index (κ1) is 13.4. The van der Waals surface area contributed by atoms with Crippen molar-refractivity contribution in [2.75, 3.05) is 12.8 Å². The van der Waals surface area contributed by atoms with E-state index in [1.165, 1.54) is 0 Å². The molecule has 0 amide bonds. The third-order valence-electron chi connectivity index (χ3n) is 1.73. The Labute approximate surface area is 99.1 Å². The second-order valence-electron chi connectivity index (χ2n) is 2.91. The number of nitrogens with two attached hydrogens (primary N) is 1. The van der Waals surface area contributed by atoms with Crippen LogP contribution in [0.1, 0.15) is 10.4 Å². The lowest BCUT2D eigenvalue weighted by atomic mass is 10.2. The van der Waals surface area contributed by atoms with Crippen molar-refractivity contribution < 1.29 is 27.4 Å². The van der Waals surface area contributed by atoms with E-state index in [1.807, 2.05) is 0 Å². The number of alkyl halides is 3. The number of hydrogen-bond donors (Lipinski definition) is 1. The smallest absolute Gasteiger partial charge is 0.465 e. The zero-order valence-electron chi connectivity index (χ0n) is 8.47. The van der Waals surface area contributed by atoms with Gasteiger partial charge in [-0.15, -0.1) is 13.2 Å². The van der Waals surface area contributed by atoms with Gasteiger partial charge in [0.15, 0.2) is 0 Å². The predicted octanol–water partition coefficient (Wildman–Crippen LogP) is 2.61. The first-order chi connectivity index (χ1) is 7.74. The molecule has 1 rings (SSSR count). The molecular formula is C9H7ClF3NO3. The maximum atomic E-state index is 12.1. The average molecular weight is 270 g/mol. The Morgan fingerprint density at radius 2 is 2.00 bits per heavy atom. The van der Waals surface area contributed by atoms with Gasteiger partial charge in [0.2, 0.25) is 0 Å². The first-order valence-corrected chi connectivity index (χ1v) is 4.55. The third-order valence-corrected chi connectivity index (χ3v) is 2.06. The molecule has 0 saturated heterocycles. The summed E-state index contributed by atoms with van der Waals surface area (Å²) in [7, 11) is 1.02. The number of halogens is 4. The molecule has 0 bridgehead atoms. The van der Waals surface area contributed by atoms with E-state index in [4.69, 9.17) is 17.3 Å². The van der Waals surface area contributed by atoms with E-state index in [0.717, 1.165) is 19.2 Å². The second kappa shape index (κ2) is 4.70. The Balaban J connectivity index is 3.26. The second-order valence-corrected chi connectivity index (χ2v) is 3.32. The first-order valence-electron chi connectivity index (χ1n) is 4.17. The van der Waals surface area contributed by atoms with Crippen LogP contribution in [0.5, 0.6) is 5.75 Å². The van der Waals surface area contributed by atoms with E-state index in [0.29, 0.717) is 0 Å². The Bertz CT molecular complexity index is 448. The van der Waals surface area contributed by atoms with E-state index in [-0.39, 0.29) is 10.7 Å². The molecular weight excluding hydrogens is 263 g/mol. The van der Waals surface area contributed by atoms with Crippen molar-refractivity contribution in [2.24, 2.45) is 0 Å². The molecule has 0 unspecified atom stereocenters. The minimum atomic E-state index is -4.94. The van der Waals surface area contributed by atoms with E-state index in [2.05, 4.69) is 9.47 Å². The molecule has 1 aromatic rings. The third kappa shape index (κ3) is 3.42. The Morgan fingerprint density at radius 1 is 1.41 bits per heavy atom. The van der Waals surface area contributed by atoms with Crippen molar-refractivity contribution in [3.63, 3.8) is 0 Å². The molecule has 0 heterocycles. The quantitative estimate of drug-likeness (QED) is 0.662. The summed E-state index contributed by atoms with van der Waals surface area (Å²) in [4.78, 5) is 11.2. The highest BCUT2D eigenvalue weighted by molar-refractivity contribution is 6.33. The van der Waals surface area contributed by atoms with Crippen LogP contribution in [0.4, 0.5) is 18.9 Å². The standard InChI is InChI=1S/C9H7ClF3NO3/c1-16-8(15)4-2-6(14)5(10)3-7(4)17-9(11,12)13/h2-3H,14H2,1H3. The van der Waals surface area contributed by atoms with Gasteiger partial charge >= 0.3 is 12.3 Å². The molecule has 17 heavy (non-hydrogen) atoms. The van der Waals surface area contributed by atoms with Crippen molar-refractivity contribution in [2.45, 2.75) is 6.36 Å². The summed E-state index contributed by atoms with van der Waals surface area (Å²) in [5.41, 5.74) is 4.86. The van der Waals surface area contributed by atoms with Crippen molar-refractivity contribution in [1.82, 2.24) is 0 Å². The number of carbonyl (C=O) groups is 1. The molecule has 1 aromatic carbocycles. The van der Waals surface area contributed by atoms with Crippen LogP contribution < -0.4 is 10.5 Å². The van der Waals surface area contributed by atoms with Crippen LogP contribution in [0.3, 0.4) is 0 Å². The molecule has 0 aliphatic heterocycles. The molecule has 0 radical (unpaired) electrons. The number of carbonyl (C=O) groups excluding carboxylic acids is 1. The largest absolute Gasteiger partial charge is 0.573 e. The van der Waals surface area contributed by atoms with Crippen molar-refractivity contribution in [1.29, 1.82) is 0 Å². The molecule has 8 heteroatoms. The SMILES string of the molecule is COC(=O)c1cc(N)c(Cl)cc1OC(F)(F)F. The van der Waals surface area contributed by atoms with Gasteiger partial charge < -0.3 is 15.2 Å². The zero-order chi connectivity index (χ0) is 13.2. The van der Waals surface area contributed by atoms with Crippen molar-refractivity contribution in [3.05, 3.63) is 22.7 Å². The van der Waals surface area contributed by atoms with E-state index < -0.39 is 23.6 Å². The van der Waals surface area contributed by atoms with Crippen LogP contribution >= 0.6 is 11.6 Å². The normalized spacial score (nSPS) is 11.1. The monoisotopic (exact) mass is 269 g/mol. The Hall–Kier alpha value is -1.63. The van der Waals surface area contributed by atoms with Gasteiger partial charge in [0, 0.05) is 6.07 Å². The van der Waals surface area contributed by atoms with Gasteiger partial charge in [0.25, 0.3) is 0 Å². The van der Waals surface area contributed by atoms with Crippen LogP contribution in [0.15, 0.2) is 12.1 Å². The lowest BCUT2D eigenvalue weighted by Gasteiger charge is -2.13. The molecule has 0 aliphatic rings. The number of rotatable bonds is 2. The molecule has 0 fully saturated rings. The van der Waals surface area contributed by atoms with Gasteiger partial charge in [0.1, 0.15) is 11.3 Å². The highest BCUT2D eigenvalue weighted by Gasteiger charge is 2.33. The topological polar surface area (TPSA) is 61.5 Å². The fourth-order valence-electron chi connectivity index (χ4n) is 1.05. The lowest BCUT2D eigenvalue weighted by molar-refractivity contribution is -0.274. The molecule has 94 valence electrons. The summed E-state index contributed by atoms with van der Waals surface area (Å²) in [5, 5.41) is -0.156. The van der Waals surface area contributed by atoms with E-state index in [9.17, 15) is 18.0 Å². The van der Waals surface area contributed by atoms with Gasteiger partial charge in [-0.3, -0.25) is 0 Å². The fraction of sp³-hybridized carbons (Fsp3) is 0.222. The number of anilines is 1. The molecule has 0 atom stereocenters. The van der Waals surface area contributed by atoms with E-state index >= 15 is 0 Å². The summed E-state index contributed by atoms with van der Waals surface area (Å²) >= 11 is 5.54. The maximum absolute atomic E-state index is 12.1. The van der Waals surface area contributed by atoms with Crippen molar-refractivity contribution >= 4 is 23.3 Å². The minimum Gasteiger partial charge on any atom is -0.465 e. The molecule has 0 spiro atoms. The molecule has 0 saturated carbocycles. The molecule has 0 aliphatic carbocycles. The Kier molecular flexibility index (Phi) is 3.72. The summed E-state index contributed by atoms with van der Waals surface area (Å²) in [6.07, 6.45) is -4.94. The maximum Gasteiger partial charge on any atom is 0.573 e. The van der Waals surface area contributed by atoms with Crippen LogP contribution in [0, 0.1) is 0 Å². The molecule has 0 aromatic heterocycles. The number of nitrogen functional groups attached to an aromatic ring is 1. The molecule has 4 nitrogen and oxygen atoms in total. The van der Waals surface area contributed by atoms with Crippen LogP contribution in [-0.4, -0.2) is 19.4 Å². The molecule has 2 N–H and O–H groups in total. The predicted molar refractivity (Wildman–Crippen MR) is 53.9 cm³/mol. The van der Waals surface area contributed by atoms with E-state index in [1.54, 1.807) is 0 Å². The Morgan fingerprint density at radius 3 is 2.47 bits per heavy atom. The van der Waals surface area contributed by atoms with Gasteiger partial charge in [-0.05, 0) is 6.07 Å². The lowest BCUT2D eigenvalue weighted by Crippen LogP contribution is -2.19. The highest BCUT2D eigenvalue weighted by Crippen LogP contribution is 2.33. The average Bonchev–Trinajstić information content (AvgIpc) is 2.20.